The fourth-order valence-electron chi connectivity index (χ4n) is 1.10. The Balaban J connectivity index is 2.88. The first-order chi connectivity index (χ1) is 4.86. The maximum absolute atomic E-state index is 5.54. The molecule has 1 aromatic heterocycles. The van der Waals surface area contributed by atoms with Gasteiger partial charge in [-0.25, -0.2) is 0 Å². The molecular formula is C9H7N. The van der Waals surface area contributed by atoms with Crippen molar-refractivity contribution in [2.75, 3.05) is 0 Å². The summed E-state index contributed by atoms with van der Waals surface area (Å²) < 4.78 is 0. The standard InChI is InChI=1S/C9H7N/c1-7-6-8-4-2-3-5-9(8)10-7/h1-6,10H. The van der Waals surface area contributed by atoms with Gasteiger partial charge in [0, 0.05) is 18.1 Å². The molecule has 0 aliphatic rings. The van der Waals surface area contributed by atoms with Crippen molar-refractivity contribution in [3.8, 4) is 0 Å². The molecule has 0 aliphatic heterocycles. The Morgan fingerprint density at radius 2 is 2.00 bits per heavy atom. The molecule has 1 heteroatoms. The van der Waals surface area contributed by atoms with E-state index in [4.69, 9.17) is 6.92 Å². The van der Waals surface area contributed by atoms with Gasteiger partial charge in [0.15, 0.2) is 0 Å². The summed E-state index contributed by atoms with van der Waals surface area (Å²) in [4.78, 5) is 3.04. The van der Waals surface area contributed by atoms with E-state index in [0.717, 1.165) is 11.2 Å². The Morgan fingerprint density at radius 3 is 2.80 bits per heavy atom. The largest absolute Gasteiger partial charge is 0.358 e. The Bertz CT molecular complexity index is 313. The quantitative estimate of drug-likeness (QED) is 0.561. The minimum Gasteiger partial charge on any atom is -0.358 e. The van der Waals surface area contributed by atoms with Crippen LogP contribution in [0.4, 0.5) is 0 Å². The number of benzene rings is 1. The topological polar surface area (TPSA) is 15.8 Å². The van der Waals surface area contributed by atoms with Crippen molar-refractivity contribution >= 4 is 10.9 Å². The molecule has 1 N–H and O–H groups in total. The first kappa shape index (κ1) is 5.54. The molecule has 48 valence electrons. The first-order valence-electron chi connectivity index (χ1n) is 3.19. The van der Waals surface area contributed by atoms with E-state index in [1.807, 2.05) is 30.3 Å². The van der Waals surface area contributed by atoms with Gasteiger partial charge in [-0.15, -0.1) is 0 Å². The number of hydrogen-bond acceptors (Lipinski definition) is 0. The van der Waals surface area contributed by atoms with E-state index < -0.39 is 0 Å². The van der Waals surface area contributed by atoms with Gasteiger partial charge in [0.1, 0.15) is 0 Å². The summed E-state index contributed by atoms with van der Waals surface area (Å²) in [6.45, 7) is 5.54. The molecule has 1 aromatic carbocycles. The molecule has 2 radical (unpaired) electrons. The van der Waals surface area contributed by atoms with Crippen LogP contribution in [0, 0.1) is 6.92 Å². The maximum Gasteiger partial charge on any atom is 0.0456 e. The monoisotopic (exact) mass is 129 g/mol. The number of para-hydroxylation sites is 1. The number of nitrogens with one attached hydrogen (secondary N) is 1. The van der Waals surface area contributed by atoms with Crippen LogP contribution in [-0.2, 0) is 0 Å². The van der Waals surface area contributed by atoms with Gasteiger partial charge in [-0.1, -0.05) is 18.2 Å². The third-order valence-corrected chi connectivity index (χ3v) is 1.55. The molecule has 1 nitrogen and oxygen atoms in total. The van der Waals surface area contributed by atoms with Crippen molar-refractivity contribution in [2.24, 2.45) is 0 Å². The van der Waals surface area contributed by atoms with Gasteiger partial charge in [-0.05, 0) is 17.5 Å². The maximum atomic E-state index is 5.54. The second kappa shape index (κ2) is 1.87. The fraction of sp³-hybridized carbons (Fsp3) is 0. The van der Waals surface area contributed by atoms with Gasteiger partial charge < -0.3 is 4.98 Å². The fourth-order valence-corrected chi connectivity index (χ4v) is 1.10. The van der Waals surface area contributed by atoms with Crippen LogP contribution >= 0.6 is 0 Å². The van der Waals surface area contributed by atoms with E-state index in [1.54, 1.807) is 0 Å². The van der Waals surface area contributed by atoms with Crippen LogP contribution in [0.3, 0.4) is 0 Å². The van der Waals surface area contributed by atoms with Crippen LogP contribution in [0.2, 0.25) is 0 Å². The van der Waals surface area contributed by atoms with Crippen LogP contribution < -0.4 is 0 Å². The van der Waals surface area contributed by atoms with Gasteiger partial charge >= 0.3 is 0 Å². The third-order valence-electron chi connectivity index (χ3n) is 1.55. The molecule has 0 saturated carbocycles. The number of rotatable bonds is 0. The molecular weight excluding hydrogens is 122 g/mol. The summed E-state index contributed by atoms with van der Waals surface area (Å²) in [5.41, 5.74) is 1.82. The average molecular weight is 129 g/mol. The van der Waals surface area contributed by atoms with Crippen LogP contribution in [0.25, 0.3) is 10.9 Å². The Labute approximate surface area is 59.7 Å². The van der Waals surface area contributed by atoms with E-state index >= 15 is 0 Å². The van der Waals surface area contributed by atoms with Crippen molar-refractivity contribution in [3.63, 3.8) is 0 Å². The zero-order valence-corrected chi connectivity index (χ0v) is 5.46. The lowest BCUT2D eigenvalue weighted by Gasteiger charge is -1.83. The lowest BCUT2D eigenvalue weighted by molar-refractivity contribution is 1.40. The van der Waals surface area contributed by atoms with Crippen LogP contribution in [0.5, 0.6) is 0 Å². The van der Waals surface area contributed by atoms with E-state index in [0.29, 0.717) is 0 Å². The van der Waals surface area contributed by atoms with Crippen LogP contribution in [0.15, 0.2) is 30.3 Å². The lowest BCUT2D eigenvalue weighted by atomic mass is 10.2. The van der Waals surface area contributed by atoms with E-state index in [9.17, 15) is 0 Å². The minimum absolute atomic E-state index is 0.723. The highest BCUT2D eigenvalue weighted by Crippen LogP contribution is 2.12. The van der Waals surface area contributed by atoms with Crippen molar-refractivity contribution in [1.29, 1.82) is 0 Å². The van der Waals surface area contributed by atoms with Crippen molar-refractivity contribution in [3.05, 3.63) is 42.9 Å². The minimum atomic E-state index is 0.723. The molecule has 10 heavy (non-hydrogen) atoms. The average Bonchev–Trinajstić information content (AvgIpc) is 2.27. The SMILES string of the molecule is [CH]c1cc2ccccc2[nH]1. The zero-order valence-electron chi connectivity index (χ0n) is 5.46. The van der Waals surface area contributed by atoms with Crippen molar-refractivity contribution < 1.29 is 0 Å². The van der Waals surface area contributed by atoms with Crippen molar-refractivity contribution in [1.82, 2.24) is 4.98 Å². The molecule has 0 unspecified atom stereocenters. The predicted octanol–water partition coefficient (Wildman–Crippen LogP) is 2.23. The van der Waals surface area contributed by atoms with E-state index in [1.165, 1.54) is 5.39 Å². The van der Waals surface area contributed by atoms with Gasteiger partial charge in [0.25, 0.3) is 0 Å². The van der Waals surface area contributed by atoms with E-state index in [-0.39, 0.29) is 0 Å². The normalized spacial score (nSPS) is 10.5. The number of hydrogen-bond donors (Lipinski definition) is 1. The third kappa shape index (κ3) is 0.711. The molecule has 0 saturated heterocycles. The second-order valence-corrected chi connectivity index (χ2v) is 2.31. The number of aromatic amines is 1. The Morgan fingerprint density at radius 1 is 1.20 bits per heavy atom. The molecule has 0 spiro atoms. The molecule has 0 amide bonds. The molecule has 2 rings (SSSR count). The van der Waals surface area contributed by atoms with Crippen LogP contribution in [-0.4, -0.2) is 4.98 Å². The predicted molar refractivity (Wildman–Crippen MR) is 41.7 cm³/mol. The number of fused-ring (bicyclic) bond motifs is 1. The second-order valence-electron chi connectivity index (χ2n) is 2.31. The molecule has 1 heterocycles. The summed E-state index contributed by atoms with van der Waals surface area (Å²) in [5.74, 6) is 0. The van der Waals surface area contributed by atoms with Gasteiger partial charge in [-0.3, -0.25) is 0 Å². The van der Waals surface area contributed by atoms with E-state index in [2.05, 4.69) is 4.98 Å². The summed E-state index contributed by atoms with van der Waals surface area (Å²) in [6, 6.07) is 9.94. The van der Waals surface area contributed by atoms with Crippen molar-refractivity contribution in [2.45, 2.75) is 0 Å². The number of aromatic nitrogens is 1. The summed E-state index contributed by atoms with van der Waals surface area (Å²) in [6.07, 6.45) is 0. The summed E-state index contributed by atoms with van der Waals surface area (Å²) in [7, 11) is 0. The van der Waals surface area contributed by atoms with Gasteiger partial charge in [-0.2, -0.15) is 0 Å². The van der Waals surface area contributed by atoms with Gasteiger partial charge in [0.05, 0.1) is 0 Å². The highest BCUT2D eigenvalue weighted by Gasteiger charge is 1.92. The zero-order chi connectivity index (χ0) is 6.97. The number of H-pyrrole nitrogens is 1. The van der Waals surface area contributed by atoms with Gasteiger partial charge in [0.2, 0.25) is 0 Å². The first-order valence-corrected chi connectivity index (χ1v) is 3.19. The molecule has 0 bridgehead atoms. The molecule has 0 atom stereocenters. The molecule has 0 fully saturated rings. The smallest absolute Gasteiger partial charge is 0.0456 e. The summed E-state index contributed by atoms with van der Waals surface area (Å²) in [5, 5.41) is 1.17. The molecule has 2 aromatic rings. The highest BCUT2D eigenvalue weighted by molar-refractivity contribution is 5.80. The molecule has 0 aliphatic carbocycles. The lowest BCUT2D eigenvalue weighted by Crippen LogP contribution is -1.65. The summed E-state index contributed by atoms with van der Waals surface area (Å²) >= 11 is 0. The van der Waals surface area contributed by atoms with Crippen LogP contribution in [0.1, 0.15) is 5.69 Å². The Kier molecular flexibility index (Phi) is 1.04. The highest BCUT2D eigenvalue weighted by atomic mass is 14.7. The Hall–Kier alpha value is -1.24.